The van der Waals surface area contributed by atoms with Crippen LogP contribution < -0.4 is 10.1 Å². The minimum atomic E-state index is -4.19. The van der Waals surface area contributed by atoms with Crippen LogP contribution in [0.1, 0.15) is 30.9 Å². The summed E-state index contributed by atoms with van der Waals surface area (Å²) in [6.07, 6.45) is -2.67. The molecule has 138 valence electrons. The van der Waals surface area contributed by atoms with Crippen LogP contribution in [0.3, 0.4) is 0 Å². The number of likely N-dealkylation sites (tertiary alicyclic amines) is 1. The molecule has 1 fully saturated rings. The summed E-state index contributed by atoms with van der Waals surface area (Å²) in [5, 5.41) is 3.53. The largest absolute Gasteiger partial charge is 0.492 e. The summed E-state index contributed by atoms with van der Waals surface area (Å²) in [7, 11) is 0. The lowest BCUT2D eigenvalue weighted by Crippen LogP contribution is -2.44. The molecule has 4 nitrogen and oxygen atoms in total. The minimum Gasteiger partial charge on any atom is -0.492 e. The molecular formula is C17H20ClF3N2O2. The molecule has 3 rings (SSSR count). The number of fused-ring (bicyclic) bond motifs is 1. The van der Waals surface area contributed by atoms with Crippen molar-refractivity contribution in [3.63, 3.8) is 0 Å². The quantitative estimate of drug-likeness (QED) is 0.877. The molecule has 2 aliphatic rings. The molecule has 0 radical (unpaired) electrons. The number of rotatable bonds is 3. The second-order valence-electron chi connectivity index (χ2n) is 6.52. The Morgan fingerprint density at radius 2 is 2.00 bits per heavy atom. The molecule has 0 bridgehead atoms. The van der Waals surface area contributed by atoms with Crippen LogP contribution >= 0.6 is 11.6 Å². The molecule has 1 saturated heterocycles. The normalized spacial score (nSPS) is 22.2. The highest BCUT2D eigenvalue weighted by Gasteiger charge is 2.34. The third-order valence-electron chi connectivity index (χ3n) is 4.70. The van der Waals surface area contributed by atoms with Crippen molar-refractivity contribution >= 4 is 17.5 Å². The maximum absolute atomic E-state index is 12.5. The van der Waals surface area contributed by atoms with E-state index in [2.05, 4.69) is 5.32 Å². The first-order chi connectivity index (χ1) is 11.8. The molecule has 0 aromatic heterocycles. The van der Waals surface area contributed by atoms with Crippen LogP contribution in [0.4, 0.5) is 13.2 Å². The Morgan fingerprint density at radius 1 is 1.28 bits per heavy atom. The number of hydrogen-bond acceptors (Lipinski definition) is 3. The van der Waals surface area contributed by atoms with Crippen molar-refractivity contribution in [1.82, 2.24) is 10.2 Å². The van der Waals surface area contributed by atoms with Crippen LogP contribution in [-0.4, -0.2) is 43.2 Å². The smallest absolute Gasteiger partial charge is 0.401 e. The Kier molecular flexibility index (Phi) is 5.43. The number of hydrogen-bond donors (Lipinski definition) is 1. The molecule has 1 amide bonds. The molecule has 0 saturated carbocycles. The van der Waals surface area contributed by atoms with Crippen molar-refractivity contribution in [2.75, 3.05) is 26.2 Å². The van der Waals surface area contributed by atoms with Gasteiger partial charge in [0.1, 0.15) is 5.75 Å². The van der Waals surface area contributed by atoms with E-state index in [4.69, 9.17) is 16.3 Å². The molecule has 2 heterocycles. The number of para-hydroxylation sites is 1. The summed E-state index contributed by atoms with van der Waals surface area (Å²) in [5.74, 6) is 0.236. The van der Waals surface area contributed by atoms with Crippen LogP contribution in [0.2, 0.25) is 5.02 Å². The number of halogens is 4. The fraction of sp³-hybridized carbons (Fsp3) is 0.588. The lowest BCUT2D eigenvalue weighted by Gasteiger charge is -2.33. The maximum Gasteiger partial charge on any atom is 0.401 e. The van der Waals surface area contributed by atoms with Crippen molar-refractivity contribution in [2.45, 2.75) is 31.5 Å². The van der Waals surface area contributed by atoms with Gasteiger partial charge >= 0.3 is 6.18 Å². The number of piperidine rings is 1. The van der Waals surface area contributed by atoms with Crippen molar-refractivity contribution in [3.05, 3.63) is 28.8 Å². The number of amides is 1. The van der Waals surface area contributed by atoms with E-state index in [9.17, 15) is 18.0 Å². The van der Waals surface area contributed by atoms with Gasteiger partial charge in [-0.05, 0) is 32.0 Å². The number of carbonyl (C=O) groups excluding carboxylic acids is 1. The third kappa shape index (κ3) is 4.58. The molecule has 0 unspecified atom stereocenters. The molecular weight excluding hydrogens is 357 g/mol. The molecule has 1 aromatic rings. The van der Waals surface area contributed by atoms with Crippen LogP contribution in [-0.2, 0) is 4.79 Å². The molecule has 2 aliphatic heterocycles. The first-order valence-electron chi connectivity index (χ1n) is 8.34. The van der Waals surface area contributed by atoms with Crippen LogP contribution in [0, 0.1) is 5.92 Å². The lowest BCUT2D eigenvalue weighted by molar-refractivity contribution is -0.149. The highest BCUT2D eigenvalue weighted by Crippen LogP contribution is 2.37. The second-order valence-corrected chi connectivity index (χ2v) is 6.93. The Labute approximate surface area is 149 Å². The average Bonchev–Trinajstić information content (AvgIpc) is 2.55. The maximum atomic E-state index is 12.5. The molecule has 8 heteroatoms. The van der Waals surface area contributed by atoms with Gasteiger partial charge < -0.3 is 10.1 Å². The SMILES string of the molecule is O=C(N[C@@H]1CCOc2c(Cl)cccc21)C1CCN(CC(F)(F)F)CC1. The molecule has 0 spiro atoms. The lowest BCUT2D eigenvalue weighted by atomic mass is 9.94. The summed E-state index contributed by atoms with van der Waals surface area (Å²) < 4.78 is 42.9. The monoisotopic (exact) mass is 376 g/mol. The average molecular weight is 377 g/mol. The summed E-state index contributed by atoms with van der Waals surface area (Å²) in [6, 6.07) is 5.24. The zero-order valence-corrected chi connectivity index (χ0v) is 14.4. The van der Waals surface area contributed by atoms with Crippen molar-refractivity contribution < 1.29 is 22.7 Å². The van der Waals surface area contributed by atoms with Gasteiger partial charge in [0.25, 0.3) is 0 Å². The zero-order chi connectivity index (χ0) is 18.0. The number of alkyl halides is 3. The number of nitrogens with zero attached hydrogens (tertiary/aromatic N) is 1. The van der Waals surface area contributed by atoms with Gasteiger partial charge in [-0.25, -0.2) is 0 Å². The second kappa shape index (κ2) is 7.41. The molecule has 1 atom stereocenters. The highest BCUT2D eigenvalue weighted by molar-refractivity contribution is 6.32. The molecule has 1 N–H and O–H groups in total. The summed E-state index contributed by atoms with van der Waals surface area (Å²) in [4.78, 5) is 13.9. The number of ether oxygens (including phenoxy) is 1. The van der Waals surface area contributed by atoms with Crippen molar-refractivity contribution in [1.29, 1.82) is 0 Å². The van der Waals surface area contributed by atoms with E-state index in [1.807, 2.05) is 12.1 Å². The fourth-order valence-corrected chi connectivity index (χ4v) is 3.67. The van der Waals surface area contributed by atoms with Gasteiger partial charge in [0.05, 0.1) is 24.2 Å². The van der Waals surface area contributed by atoms with E-state index in [0.717, 1.165) is 5.56 Å². The number of benzene rings is 1. The molecule has 0 aliphatic carbocycles. The first-order valence-corrected chi connectivity index (χ1v) is 8.72. The van der Waals surface area contributed by atoms with Gasteiger partial charge in [-0.3, -0.25) is 9.69 Å². The van der Waals surface area contributed by atoms with Crippen LogP contribution in [0.25, 0.3) is 0 Å². The van der Waals surface area contributed by atoms with Gasteiger partial charge in [0.15, 0.2) is 0 Å². The standard InChI is InChI=1S/C17H20ClF3N2O2/c18-13-3-1-2-12-14(6-9-25-15(12)13)22-16(24)11-4-7-23(8-5-11)10-17(19,20)21/h1-3,11,14H,4-10H2,(H,22,24)/t14-/m1/s1. The van der Waals surface area contributed by atoms with E-state index >= 15 is 0 Å². The van der Waals surface area contributed by atoms with E-state index in [1.165, 1.54) is 4.90 Å². The Morgan fingerprint density at radius 3 is 2.68 bits per heavy atom. The van der Waals surface area contributed by atoms with E-state index in [1.54, 1.807) is 6.07 Å². The van der Waals surface area contributed by atoms with Crippen molar-refractivity contribution in [3.8, 4) is 5.75 Å². The van der Waals surface area contributed by atoms with Gasteiger partial charge in [-0.1, -0.05) is 23.7 Å². The van der Waals surface area contributed by atoms with Crippen LogP contribution in [0.15, 0.2) is 18.2 Å². The summed E-state index contributed by atoms with van der Waals surface area (Å²) in [5.41, 5.74) is 0.849. The number of nitrogens with one attached hydrogen (secondary N) is 1. The molecule has 25 heavy (non-hydrogen) atoms. The van der Waals surface area contributed by atoms with Gasteiger partial charge in [0.2, 0.25) is 5.91 Å². The van der Waals surface area contributed by atoms with E-state index in [-0.39, 0.29) is 31.0 Å². The Bertz CT molecular complexity index is 631. The zero-order valence-electron chi connectivity index (χ0n) is 13.6. The van der Waals surface area contributed by atoms with E-state index < -0.39 is 12.7 Å². The predicted molar refractivity (Wildman–Crippen MR) is 87.7 cm³/mol. The van der Waals surface area contributed by atoms with Gasteiger partial charge in [-0.2, -0.15) is 13.2 Å². The molecule has 1 aromatic carbocycles. The first kappa shape index (κ1) is 18.3. The highest BCUT2D eigenvalue weighted by atomic mass is 35.5. The predicted octanol–water partition coefficient (Wildman–Crippen LogP) is 3.55. The van der Waals surface area contributed by atoms with Crippen LogP contribution in [0.5, 0.6) is 5.75 Å². The third-order valence-corrected chi connectivity index (χ3v) is 5.00. The van der Waals surface area contributed by atoms with Gasteiger partial charge in [0, 0.05) is 17.9 Å². The Balaban J connectivity index is 1.57. The number of carbonyl (C=O) groups is 1. The fourth-order valence-electron chi connectivity index (χ4n) is 3.43. The van der Waals surface area contributed by atoms with Crippen molar-refractivity contribution in [2.24, 2.45) is 5.92 Å². The Hall–Kier alpha value is -1.47. The topological polar surface area (TPSA) is 41.6 Å². The minimum absolute atomic E-state index is 0.107. The summed E-state index contributed by atoms with van der Waals surface area (Å²) >= 11 is 6.13. The van der Waals surface area contributed by atoms with Gasteiger partial charge in [-0.15, -0.1) is 0 Å². The van der Waals surface area contributed by atoms with E-state index in [0.29, 0.717) is 36.6 Å². The summed E-state index contributed by atoms with van der Waals surface area (Å²) in [6.45, 7) is 0.125.